The zero-order chi connectivity index (χ0) is 10.4. The first kappa shape index (κ1) is 12.0. The summed E-state index contributed by atoms with van der Waals surface area (Å²) in [5, 5.41) is 9.27. The fraction of sp³-hybridized carbons (Fsp3) is 1.00. The molecule has 0 amide bonds. The lowest BCUT2D eigenvalue weighted by atomic mass is 10.0. The molecule has 1 saturated heterocycles. The molecular formula is C12H25NO. The molecule has 2 heteroatoms. The second-order valence-corrected chi connectivity index (χ2v) is 4.61. The topological polar surface area (TPSA) is 23.5 Å². The third-order valence-corrected chi connectivity index (χ3v) is 3.48. The van der Waals surface area contributed by atoms with Crippen LogP contribution in [0.25, 0.3) is 0 Å². The number of rotatable bonds is 6. The van der Waals surface area contributed by atoms with Gasteiger partial charge in [0.15, 0.2) is 0 Å². The summed E-state index contributed by atoms with van der Waals surface area (Å²) < 4.78 is 0. The summed E-state index contributed by atoms with van der Waals surface area (Å²) in [6.07, 6.45) is 6.57. The maximum absolute atomic E-state index is 9.27. The Morgan fingerprint density at radius 1 is 1.29 bits per heavy atom. The maximum Gasteiger partial charge on any atom is 0.0589 e. The van der Waals surface area contributed by atoms with Crippen LogP contribution in [-0.4, -0.2) is 35.7 Å². The third-order valence-electron chi connectivity index (χ3n) is 3.48. The Balaban J connectivity index is 2.17. The van der Waals surface area contributed by atoms with Gasteiger partial charge in [-0.3, -0.25) is 4.90 Å². The zero-order valence-corrected chi connectivity index (χ0v) is 9.71. The number of aliphatic hydroxyl groups is 1. The summed E-state index contributed by atoms with van der Waals surface area (Å²) in [4.78, 5) is 2.47. The molecule has 1 heterocycles. The quantitative estimate of drug-likeness (QED) is 0.663. The molecule has 0 aromatic carbocycles. The molecule has 2 atom stereocenters. The molecule has 1 N–H and O–H groups in total. The molecule has 2 nitrogen and oxygen atoms in total. The molecule has 1 aliphatic heterocycles. The van der Waals surface area contributed by atoms with Crippen molar-refractivity contribution in [1.29, 1.82) is 0 Å². The van der Waals surface area contributed by atoms with Crippen LogP contribution in [0.5, 0.6) is 0 Å². The van der Waals surface area contributed by atoms with Gasteiger partial charge in [0.1, 0.15) is 0 Å². The Hall–Kier alpha value is -0.0800. The Bertz CT molecular complexity index is 149. The molecule has 0 aromatic heterocycles. The van der Waals surface area contributed by atoms with Gasteiger partial charge in [-0.15, -0.1) is 0 Å². The highest BCUT2D eigenvalue weighted by molar-refractivity contribution is 4.83. The van der Waals surface area contributed by atoms with E-state index in [2.05, 4.69) is 18.7 Å². The van der Waals surface area contributed by atoms with E-state index >= 15 is 0 Å². The molecule has 1 aliphatic rings. The summed E-state index contributed by atoms with van der Waals surface area (Å²) in [7, 11) is 0. The van der Waals surface area contributed by atoms with E-state index in [4.69, 9.17) is 0 Å². The van der Waals surface area contributed by atoms with Crippen molar-refractivity contribution in [3.05, 3.63) is 0 Å². The molecule has 0 saturated carbocycles. The number of nitrogens with zero attached hydrogens (tertiary/aromatic N) is 1. The average molecular weight is 199 g/mol. The predicted octanol–water partition coefficient (Wildman–Crippen LogP) is 2.27. The first-order chi connectivity index (χ1) is 6.79. The lowest BCUT2D eigenvalue weighted by Crippen LogP contribution is -2.35. The van der Waals surface area contributed by atoms with Gasteiger partial charge in [0, 0.05) is 6.04 Å². The Morgan fingerprint density at radius 3 is 2.71 bits per heavy atom. The Labute approximate surface area is 88.3 Å². The molecular weight excluding hydrogens is 174 g/mol. The van der Waals surface area contributed by atoms with Crippen LogP contribution >= 0.6 is 0 Å². The van der Waals surface area contributed by atoms with Crippen molar-refractivity contribution in [2.45, 2.75) is 52.0 Å². The van der Waals surface area contributed by atoms with E-state index in [0.717, 1.165) is 0 Å². The third kappa shape index (κ3) is 3.25. The second-order valence-electron chi connectivity index (χ2n) is 4.61. The van der Waals surface area contributed by atoms with Crippen molar-refractivity contribution < 1.29 is 5.11 Å². The molecule has 0 aromatic rings. The fourth-order valence-electron chi connectivity index (χ4n) is 2.40. The lowest BCUT2D eigenvalue weighted by Gasteiger charge is -2.24. The maximum atomic E-state index is 9.27. The minimum absolute atomic E-state index is 0.342. The monoisotopic (exact) mass is 199 g/mol. The van der Waals surface area contributed by atoms with E-state index in [1.807, 2.05) is 0 Å². The second kappa shape index (κ2) is 6.41. The molecule has 0 aliphatic carbocycles. The van der Waals surface area contributed by atoms with Gasteiger partial charge in [0.05, 0.1) is 6.61 Å². The molecule has 0 radical (unpaired) electrons. The first-order valence-electron chi connectivity index (χ1n) is 6.14. The van der Waals surface area contributed by atoms with Gasteiger partial charge in [-0.2, -0.15) is 0 Å². The normalized spacial score (nSPS) is 28.5. The summed E-state index contributed by atoms with van der Waals surface area (Å²) in [6, 6.07) is 0.441. The first-order valence-corrected chi connectivity index (χ1v) is 6.14. The van der Waals surface area contributed by atoms with Crippen LogP contribution in [0, 0.1) is 5.92 Å². The van der Waals surface area contributed by atoms with Crippen molar-refractivity contribution in [2.24, 2.45) is 5.92 Å². The van der Waals surface area contributed by atoms with Crippen LogP contribution < -0.4 is 0 Å². The predicted molar refractivity (Wildman–Crippen MR) is 60.4 cm³/mol. The van der Waals surface area contributed by atoms with Crippen molar-refractivity contribution in [3.63, 3.8) is 0 Å². The minimum Gasteiger partial charge on any atom is -0.395 e. The number of likely N-dealkylation sites (tertiary alicyclic amines) is 1. The number of hydrogen-bond acceptors (Lipinski definition) is 2. The van der Waals surface area contributed by atoms with E-state index < -0.39 is 0 Å². The highest BCUT2D eigenvalue weighted by Gasteiger charge is 2.29. The van der Waals surface area contributed by atoms with E-state index in [1.165, 1.54) is 45.2 Å². The van der Waals surface area contributed by atoms with Crippen molar-refractivity contribution in [2.75, 3.05) is 19.7 Å². The number of hydrogen-bond donors (Lipinski definition) is 1. The van der Waals surface area contributed by atoms with Crippen LogP contribution in [0.4, 0.5) is 0 Å². The highest BCUT2D eigenvalue weighted by Crippen LogP contribution is 2.23. The smallest absolute Gasteiger partial charge is 0.0589 e. The molecule has 0 spiro atoms. The van der Waals surface area contributed by atoms with Gasteiger partial charge in [-0.1, -0.05) is 33.1 Å². The Kier molecular flexibility index (Phi) is 5.49. The molecule has 1 fully saturated rings. The van der Waals surface area contributed by atoms with E-state index in [1.54, 1.807) is 0 Å². The molecule has 2 unspecified atom stereocenters. The molecule has 14 heavy (non-hydrogen) atoms. The van der Waals surface area contributed by atoms with Gasteiger partial charge in [-0.05, 0) is 31.8 Å². The SMILES string of the molecule is CCCCCCN1CCC(C)C1CO. The van der Waals surface area contributed by atoms with Crippen molar-refractivity contribution in [1.82, 2.24) is 4.90 Å². The highest BCUT2D eigenvalue weighted by atomic mass is 16.3. The lowest BCUT2D eigenvalue weighted by molar-refractivity contribution is 0.137. The number of aliphatic hydroxyl groups excluding tert-OH is 1. The molecule has 1 rings (SSSR count). The van der Waals surface area contributed by atoms with Crippen LogP contribution in [0.15, 0.2) is 0 Å². The van der Waals surface area contributed by atoms with E-state index in [9.17, 15) is 5.11 Å². The average Bonchev–Trinajstić information content (AvgIpc) is 2.54. The number of unbranched alkanes of at least 4 members (excludes halogenated alkanes) is 3. The van der Waals surface area contributed by atoms with E-state index in [0.29, 0.717) is 18.6 Å². The largest absolute Gasteiger partial charge is 0.395 e. The van der Waals surface area contributed by atoms with Crippen LogP contribution in [0.3, 0.4) is 0 Å². The van der Waals surface area contributed by atoms with Crippen LogP contribution in [0.1, 0.15) is 46.0 Å². The minimum atomic E-state index is 0.342. The van der Waals surface area contributed by atoms with Gasteiger partial charge in [0.2, 0.25) is 0 Å². The van der Waals surface area contributed by atoms with Crippen LogP contribution in [-0.2, 0) is 0 Å². The summed E-state index contributed by atoms with van der Waals surface area (Å²) >= 11 is 0. The van der Waals surface area contributed by atoms with Gasteiger partial charge in [0.25, 0.3) is 0 Å². The van der Waals surface area contributed by atoms with Crippen molar-refractivity contribution >= 4 is 0 Å². The van der Waals surface area contributed by atoms with Gasteiger partial charge in [-0.25, -0.2) is 0 Å². The summed E-state index contributed by atoms with van der Waals surface area (Å²) in [6.45, 7) is 7.23. The Morgan fingerprint density at radius 2 is 2.07 bits per heavy atom. The van der Waals surface area contributed by atoms with Crippen LogP contribution in [0.2, 0.25) is 0 Å². The summed E-state index contributed by atoms with van der Waals surface area (Å²) in [5.74, 6) is 0.686. The molecule has 84 valence electrons. The summed E-state index contributed by atoms with van der Waals surface area (Å²) in [5.41, 5.74) is 0. The van der Waals surface area contributed by atoms with E-state index in [-0.39, 0.29) is 0 Å². The van der Waals surface area contributed by atoms with Gasteiger partial charge < -0.3 is 5.11 Å². The standard InChI is InChI=1S/C12H25NO/c1-3-4-5-6-8-13-9-7-11(2)12(13)10-14/h11-12,14H,3-10H2,1-2H3. The zero-order valence-electron chi connectivity index (χ0n) is 9.71. The fourth-order valence-corrected chi connectivity index (χ4v) is 2.40. The molecule has 0 bridgehead atoms. The van der Waals surface area contributed by atoms with Gasteiger partial charge >= 0.3 is 0 Å². The van der Waals surface area contributed by atoms with Crippen molar-refractivity contribution in [3.8, 4) is 0 Å².